The number of hydrogen-bond acceptors (Lipinski definition) is 5. The quantitative estimate of drug-likeness (QED) is 0.687. The molecule has 5 heterocycles. The van der Waals surface area contributed by atoms with Crippen LogP contribution in [0.5, 0.6) is 0 Å². The number of rotatable bonds is 5. The van der Waals surface area contributed by atoms with Gasteiger partial charge in [0.25, 0.3) is 0 Å². The fourth-order valence-corrected chi connectivity index (χ4v) is 4.63. The number of aromatic nitrogens is 4. The molecule has 0 N–H and O–H groups in total. The molecule has 3 saturated heterocycles. The number of piperidine rings is 1. The molecular formula is C22H26N6. The number of fused-ring (bicyclic) bond motifs is 4. The molecule has 3 aromatic rings. The van der Waals surface area contributed by atoms with Crippen LogP contribution in [-0.4, -0.2) is 50.3 Å². The Labute approximate surface area is 165 Å². The van der Waals surface area contributed by atoms with Gasteiger partial charge in [-0.2, -0.15) is 5.10 Å². The summed E-state index contributed by atoms with van der Waals surface area (Å²) in [5.41, 5.74) is 2.69. The molecule has 28 heavy (non-hydrogen) atoms. The van der Waals surface area contributed by atoms with Crippen LogP contribution in [0, 0.1) is 5.92 Å². The highest BCUT2D eigenvalue weighted by molar-refractivity contribution is 5.31. The minimum absolute atomic E-state index is 0.567. The standard InChI is InChI=1S/C22H26N6/c1-4-18(12-19(5-1)16-28-11-3-10-25-28)13-26-14-20-6-7-21(26)17-27(15-20)22-23-8-2-9-24-22/h1-5,8-12,20-21H,6-7,13-17H2/t20-,21-/m0/s1. The summed E-state index contributed by atoms with van der Waals surface area (Å²) in [6.07, 6.45) is 10.1. The van der Waals surface area contributed by atoms with Crippen LogP contribution >= 0.6 is 0 Å². The third-order valence-corrected chi connectivity index (χ3v) is 5.94. The molecule has 144 valence electrons. The molecule has 2 atom stereocenters. The molecule has 2 aromatic heterocycles. The Hall–Kier alpha value is -2.73. The Morgan fingerprint density at radius 2 is 1.71 bits per heavy atom. The van der Waals surface area contributed by atoms with Crippen molar-refractivity contribution in [1.82, 2.24) is 24.6 Å². The highest BCUT2D eigenvalue weighted by Gasteiger charge is 2.35. The third-order valence-electron chi connectivity index (χ3n) is 5.94. The fourth-order valence-electron chi connectivity index (χ4n) is 4.63. The summed E-state index contributed by atoms with van der Waals surface area (Å²) < 4.78 is 1.98. The van der Waals surface area contributed by atoms with Crippen LogP contribution in [0.15, 0.2) is 61.2 Å². The summed E-state index contributed by atoms with van der Waals surface area (Å²) in [4.78, 5) is 14.0. The number of nitrogens with zero attached hydrogens (tertiary/aromatic N) is 6. The lowest BCUT2D eigenvalue weighted by atomic mass is 9.94. The van der Waals surface area contributed by atoms with E-state index in [1.807, 2.05) is 41.6 Å². The topological polar surface area (TPSA) is 50.1 Å². The van der Waals surface area contributed by atoms with Crippen LogP contribution < -0.4 is 4.90 Å². The van der Waals surface area contributed by atoms with Crippen LogP contribution in [0.2, 0.25) is 0 Å². The maximum absolute atomic E-state index is 4.48. The minimum Gasteiger partial charge on any atom is -0.339 e. The van der Waals surface area contributed by atoms with Crippen molar-refractivity contribution in [2.45, 2.75) is 32.0 Å². The second kappa shape index (κ2) is 7.72. The smallest absolute Gasteiger partial charge is 0.225 e. The lowest BCUT2D eigenvalue weighted by Gasteiger charge is -2.36. The van der Waals surface area contributed by atoms with E-state index >= 15 is 0 Å². The molecular weight excluding hydrogens is 348 g/mol. The number of hydrogen-bond donors (Lipinski definition) is 0. The van der Waals surface area contributed by atoms with Gasteiger partial charge < -0.3 is 4.90 Å². The van der Waals surface area contributed by atoms with E-state index in [2.05, 4.69) is 49.1 Å². The molecule has 6 rings (SSSR count). The first-order chi connectivity index (χ1) is 13.8. The van der Waals surface area contributed by atoms with Gasteiger partial charge in [-0.1, -0.05) is 24.3 Å². The molecule has 0 aliphatic carbocycles. The zero-order chi connectivity index (χ0) is 18.8. The summed E-state index contributed by atoms with van der Waals surface area (Å²) >= 11 is 0. The van der Waals surface area contributed by atoms with Crippen LogP contribution in [0.3, 0.4) is 0 Å². The summed E-state index contributed by atoms with van der Waals surface area (Å²) in [5, 5.41) is 4.33. The van der Waals surface area contributed by atoms with Crippen LogP contribution in [0.1, 0.15) is 24.0 Å². The Morgan fingerprint density at radius 3 is 2.54 bits per heavy atom. The molecule has 3 fully saturated rings. The van der Waals surface area contributed by atoms with Gasteiger partial charge in [0.2, 0.25) is 5.95 Å². The van der Waals surface area contributed by atoms with Gasteiger partial charge in [0.05, 0.1) is 6.54 Å². The maximum Gasteiger partial charge on any atom is 0.225 e. The third kappa shape index (κ3) is 3.78. The zero-order valence-corrected chi connectivity index (χ0v) is 16.1. The SMILES string of the molecule is c1cnc(N2C[C@H]3CC[C@@H](C2)N(Cc2cccc(Cn4cccn4)c2)C3)nc1. The summed E-state index contributed by atoms with van der Waals surface area (Å²) in [5.74, 6) is 1.57. The molecule has 1 aromatic carbocycles. The van der Waals surface area contributed by atoms with Crippen LogP contribution in [0.25, 0.3) is 0 Å². The molecule has 6 nitrogen and oxygen atoms in total. The summed E-state index contributed by atoms with van der Waals surface area (Å²) in [6.45, 7) is 5.09. The normalized spacial score (nSPS) is 22.4. The van der Waals surface area contributed by atoms with E-state index < -0.39 is 0 Å². The fraction of sp³-hybridized carbons (Fsp3) is 0.409. The zero-order valence-electron chi connectivity index (χ0n) is 16.1. The molecule has 6 heteroatoms. The van der Waals surface area contributed by atoms with Crippen LogP contribution in [-0.2, 0) is 13.1 Å². The lowest BCUT2D eigenvalue weighted by Crippen LogP contribution is -2.43. The Balaban J connectivity index is 1.30. The lowest BCUT2D eigenvalue weighted by molar-refractivity contribution is 0.126. The van der Waals surface area contributed by atoms with Crippen molar-refractivity contribution < 1.29 is 0 Å². The maximum atomic E-state index is 4.48. The largest absolute Gasteiger partial charge is 0.339 e. The minimum atomic E-state index is 0.567. The van der Waals surface area contributed by atoms with E-state index in [1.165, 1.54) is 24.0 Å². The Bertz CT molecular complexity index is 894. The molecule has 3 aliphatic rings. The van der Waals surface area contributed by atoms with E-state index in [0.717, 1.165) is 38.7 Å². The molecule has 0 unspecified atom stereocenters. The van der Waals surface area contributed by atoms with E-state index in [-0.39, 0.29) is 0 Å². The van der Waals surface area contributed by atoms with Gasteiger partial charge >= 0.3 is 0 Å². The van der Waals surface area contributed by atoms with Crippen molar-refractivity contribution in [2.24, 2.45) is 5.92 Å². The van der Waals surface area contributed by atoms with Crippen LogP contribution in [0.4, 0.5) is 5.95 Å². The molecule has 0 spiro atoms. The van der Waals surface area contributed by atoms with Gasteiger partial charge in [-0.05, 0) is 42.0 Å². The first-order valence-corrected chi connectivity index (χ1v) is 10.1. The summed E-state index contributed by atoms with van der Waals surface area (Å²) in [7, 11) is 0. The highest BCUT2D eigenvalue weighted by atomic mass is 15.3. The second-order valence-electron chi connectivity index (χ2n) is 8.00. The predicted molar refractivity (Wildman–Crippen MR) is 109 cm³/mol. The Morgan fingerprint density at radius 1 is 0.857 bits per heavy atom. The van der Waals surface area contributed by atoms with Crippen molar-refractivity contribution in [3.8, 4) is 0 Å². The Kier molecular flexibility index (Phi) is 4.79. The second-order valence-corrected chi connectivity index (χ2v) is 8.00. The molecule has 3 aliphatic heterocycles. The van der Waals surface area contributed by atoms with Crippen molar-refractivity contribution >= 4 is 5.95 Å². The van der Waals surface area contributed by atoms with Gasteiger partial charge in [-0.25, -0.2) is 9.97 Å². The van der Waals surface area contributed by atoms with Gasteiger partial charge in [-0.3, -0.25) is 9.58 Å². The van der Waals surface area contributed by atoms with Crippen molar-refractivity contribution in [1.29, 1.82) is 0 Å². The average molecular weight is 374 g/mol. The molecule has 0 amide bonds. The van der Waals surface area contributed by atoms with Crippen molar-refractivity contribution in [2.75, 3.05) is 24.5 Å². The number of benzene rings is 1. The van der Waals surface area contributed by atoms with Gasteiger partial charge in [-0.15, -0.1) is 0 Å². The summed E-state index contributed by atoms with van der Waals surface area (Å²) in [6, 6.07) is 13.4. The van der Waals surface area contributed by atoms with E-state index in [4.69, 9.17) is 0 Å². The van der Waals surface area contributed by atoms with Gasteiger partial charge in [0.1, 0.15) is 0 Å². The molecule has 0 radical (unpaired) electrons. The van der Waals surface area contributed by atoms with E-state index in [9.17, 15) is 0 Å². The average Bonchev–Trinajstić information content (AvgIpc) is 3.06. The monoisotopic (exact) mass is 374 g/mol. The number of anilines is 1. The first kappa shape index (κ1) is 17.4. The highest BCUT2D eigenvalue weighted by Crippen LogP contribution is 2.30. The first-order valence-electron chi connectivity index (χ1n) is 10.1. The molecule has 0 saturated carbocycles. The van der Waals surface area contributed by atoms with E-state index in [1.54, 1.807) is 0 Å². The predicted octanol–water partition coefficient (Wildman–Crippen LogP) is 2.82. The van der Waals surface area contributed by atoms with Crippen molar-refractivity contribution in [3.63, 3.8) is 0 Å². The van der Waals surface area contributed by atoms with Gasteiger partial charge in [0, 0.05) is 57.0 Å². The van der Waals surface area contributed by atoms with Gasteiger partial charge in [0.15, 0.2) is 0 Å². The molecule has 2 bridgehead atoms. The van der Waals surface area contributed by atoms with Crippen molar-refractivity contribution in [3.05, 3.63) is 72.3 Å². The van der Waals surface area contributed by atoms with E-state index in [0.29, 0.717) is 12.0 Å².